The molecule has 0 spiro atoms. The van der Waals surface area contributed by atoms with Gasteiger partial charge in [-0.1, -0.05) is 24.0 Å². The first-order chi connectivity index (χ1) is 10.2. The number of benzene rings is 1. The largest absolute Gasteiger partial charge is 0.468 e. The summed E-state index contributed by atoms with van der Waals surface area (Å²) in [5, 5.41) is 0. The van der Waals surface area contributed by atoms with Gasteiger partial charge in [0, 0.05) is 12.0 Å². The Balaban J connectivity index is 2.69. The topological polar surface area (TPSA) is 69.7 Å². The maximum atomic E-state index is 11.7. The lowest BCUT2D eigenvalue weighted by atomic mass is 9.84. The second-order valence-electron chi connectivity index (χ2n) is 5.27. The highest BCUT2D eigenvalue weighted by atomic mass is 32.2. The summed E-state index contributed by atoms with van der Waals surface area (Å²) in [5.41, 5.74) is 0.901. The van der Waals surface area contributed by atoms with Gasteiger partial charge in [-0.05, 0) is 31.5 Å². The van der Waals surface area contributed by atoms with Gasteiger partial charge in [0.25, 0.3) is 10.1 Å². The normalized spacial score (nSPS) is 11.5. The minimum atomic E-state index is -3.41. The lowest BCUT2D eigenvalue weighted by Crippen LogP contribution is -2.30. The predicted octanol–water partition coefficient (Wildman–Crippen LogP) is 1.85. The van der Waals surface area contributed by atoms with E-state index in [4.69, 9.17) is 4.74 Å². The van der Waals surface area contributed by atoms with Crippen molar-refractivity contribution < 1.29 is 22.1 Å². The molecule has 1 aromatic carbocycles. The van der Waals surface area contributed by atoms with Crippen molar-refractivity contribution in [3.05, 3.63) is 35.4 Å². The number of esters is 1. The maximum Gasteiger partial charge on any atom is 0.315 e. The molecule has 6 heteroatoms. The van der Waals surface area contributed by atoms with Crippen LogP contribution < -0.4 is 0 Å². The standard InChI is InChI=1S/C16H20O5S/c1-16(2,15(17)20-3)14-10-8-13(9-11-14)7-5-6-12-21-22(4,18)19/h8-11H,6,12H2,1-4H3. The summed E-state index contributed by atoms with van der Waals surface area (Å²) < 4.78 is 30.9. The number of ether oxygens (including phenoxy) is 1. The van der Waals surface area contributed by atoms with Crippen molar-refractivity contribution in [3.8, 4) is 11.8 Å². The molecule has 0 atom stereocenters. The first-order valence-electron chi connectivity index (χ1n) is 6.69. The highest BCUT2D eigenvalue weighted by molar-refractivity contribution is 7.85. The van der Waals surface area contributed by atoms with Gasteiger partial charge in [0.05, 0.1) is 25.4 Å². The number of hydrogen-bond acceptors (Lipinski definition) is 5. The summed E-state index contributed by atoms with van der Waals surface area (Å²) in [6.07, 6.45) is 1.32. The third kappa shape index (κ3) is 5.51. The summed E-state index contributed by atoms with van der Waals surface area (Å²) >= 11 is 0. The van der Waals surface area contributed by atoms with Crippen LogP contribution in [-0.4, -0.2) is 34.4 Å². The summed E-state index contributed by atoms with van der Waals surface area (Å²) in [5.74, 6) is 5.45. The van der Waals surface area contributed by atoms with Gasteiger partial charge in [-0.3, -0.25) is 8.98 Å². The Morgan fingerprint density at radius 3 is 2.32 bits per heavy atom. The van der Waals surface area contributed by atoms with Gasteiger partial charge in [0.1, 0.15) is 0 Å². The van der Waals surface area contributed by atoms with Crippen LogP contribution in [0.4, 0.5) is 0 Å². The molecule has 0 saturated carbocycles. The van der Waals surface area contributed by atoms with Crippen LogP contribution in [0.1, 0.15) is 31.4 Å². The molecule has 0 fully saturated rings. The van der Waals surface area contributed by atoms with E-state index < -0.39 is 15.5 Å². The molecule has 1 rings (SSSR count). The average molecular weight is 324 g/mol. The maximum absolute atomic E-state index is 11.7. The Kier molecular flexibility index (Phi) is 6.15. The van der Waals surface area contributed by atoms with Crippen molar-refractivity contribution in [1.29, 1.82) is 0 Å². The molecule has 0 N–H and O–H groups in total. The lowest BCUT2D eigenvalue weighted by Gasteiger charge is -2.21. The Morgan fingerprint density at radius 2 is 1.82 bits per heavy atom. The Morgan fingerprint density at radius 1 is 1.23 bits per heavy atom. The van der Waals surface area contributed by atoms with E-state index in [1.54, 1.807) is 13.8 Å². The molecule has 5 nitrogen and oxygen atoms in total. The molecular weight excluding hydrogens is 304 g/mol. The fourth-order valence-corrected chi connectivity index (χ4v) is 2.14. The van der Waals surface area contributed by atoms with Crippen LogP contribution >= 0.6 is 0 Å². The van der Waals surface area contributed by atoms with Crippen molar-refractivity contribution in [3.63, 3.8) is 0 Å². The number of rotatable bonds is 5. The summed E-state index contributed by atoms with van der Waals surface area (Å²) in [7, 11) is -2.05. The van der Waals surface area contributed by atoms with Crippen molar-refractivity contribution in [2.45, 2.75) is 25.7 Å². The van der Waals surface area contributed by atoms with Gasteiger partial charge >= 0.3 is 5.97 Å². The van der Waals surface area contributed by atoms with E-state index in [1.807, 2.05) is 24.3 Å². The molecule has 0 radical (unpaired) electrons. The molecule has 0 bridgehead atoms. The molecule has 0 aliphatic carbocycles. The van der Waals surface area contributed by atoms with E-state index in [1.165, 1.54) is 7.11 Å². The van der Waals surface area contributed by atoms with Crippen LogP contribution in [0.15, 0.2) is 24.3 Å². The molecule has 0 amide bonds. The first kappa shape index (κ1) is 18.2. The summed E-state index contributed by atoms with van der Waals surface area (Å²) in [6.45, 7) is 3.63. The molecule has 0 unspecified atom stereocenters. The zero-order valence-electron chi connectivity index (χ0n) is 13.2. The second-order valence-corrected chi connectivity index (χ2v) is 6.92. The quantitative estimate of drug-likeness (QED) is 0.358. The van der Waals surface area contributed by atoms with Gasteiger partial charge in [-0.25, -0.2) is 0 Å². The molecule has 0 aromatic heterocycles. The monoisotopic (exact) mass is 324 g/mol. The Bertz CT molecular complexity index is 675. The smallest absolute Gasteiger partial charge is 0.315 e. The predicted molar refractivity (Wildman–Crippen MR) is 83.8 cm³/mol. The molecule has 0 aliphatic heterocycles. The van der Waals surface area contributed by atoms with E-state index in [9.17, 15) is 13.2 Å². The molecule has 0 aliphatic rings. The van der Waals surface area contributed by atoms with Crippen molar-refractivity contribution in [2.75, 3.05) is 20.0 Å². The lowest BCUT2D eigenvalue weighted by molar-refractivity contribution is -0.146. The molecular formula is C16H20O5S. The summed E-state index contributed by atoms with van der Waals surface area (Å²) in [6, 6.07) is 7.27. The molecule has 22 heavy (non-hydrogen) atoms. The van der Waals surface area contributed by atoms with Gasteiger partial charge in [0.2, 0.25) is 0 Å². The second kappa shape index (κ2) is 7.43. The van der Waals surface area contributed by atoms with Crippen LogP contribution in [0.25, 0.3) is 0 Å². The van der Waals surface area contributed by atoms with Gasteiger partial charge in [-0.15, -0.1) is 0 Å². The van der Waals surface area contributed by atoms with E-state index in [2.05, 4.69) is 16.0 Å². The van der Waals surface area contributed by atoms with Crippen LogP contribution in [0.3, 0.4) is 0 Å². The zero-order chi connectivity index (χ0) is 16.8. The highest BCUT2D eigenvalue weighted by Gasteiger charge is 2.30. The number of hydrogen-bond donors (Lipinski definition) is 0. The molecule has 0 heterocycles. The number of carbonyl (C=O) groups is 1. The van der Waals surface area contributed by atoms with E-state index in [0.717, 1.165) is 17.4 Å². The van der Waals surface area contributed by atoms with Crippen molar-refractivity contribution >= 4 is 16.1 Å². The van der Waals surface area contributed by atoms with Gasteiger partial charge in [-0.2, -0.15) is 8.42 Å². The Labute approximate surface area is 131 Å². The molecule has 1 aromatic rings. The zero-order valence-corrected chi connectivity index (χ0v) is 14.0. The van der Waals surface area contributed by atoms with E-state index >= 15 is 0 Å². The minimum Gasteiger partial charge on any atom is -0.468 e. The third-order valence-electron chi connectivity index (χ3n) is 3.06. The summed E-state index contributed by atoms with van der Waals surface area (Å²) in [4.78, 5) is 11.7. The highest BCUT2D eigenvalue weighted by Crippen LogP contribution is 2.24. The Hall–Kier alpha value is -1.84. The van der Waals surface area contributed by atoms with E-state index in [-0.39, 0.29) is 12.6 Å². The number of carbonyl (C=O) groups excluding carboxylic acids is 1. The molecule has 120 valence electrons. The third-order valence-corrected chi connectivity index (χ3v) is 3.65. The molecule has 0 saturated heterocycles. The van der Waals surface area contributed by atoms with Crippen molar-refractivity contribution in [1.82, 2.24) is 0 Å². The van der Waals surface area contributed by atoms with Crippen LogP contribution in [0.5, 0.6) is 0 Å². The minimum absolute atomic E-state index is 0.0410. The SMILES string of the molecule is COC(=O)C(C)(C)c1ccc(C#CCCOS(C)(=O)=O)cc1. The van der Waals surface area contributed by atoms with Gasteiger partial charge in [0.15, 0.2) is 0 Å². The average Bonchev–Trinajstić information content (AvgIpc) is 2.45. The van der Waals surface area contributed by atoms with Crippen LogP contribution in [0, 0.1) is 11.8 Å². The van der Waals surface area contributed by atoms with Crippen LogP contribution in [0.2, 0.25) is 0 Å². The fourth-order valence-electron chi connectivity index (χ4n) is 1.75. The first-order valence-corrected chi connectivity index (χ1v) is 8.50. The fraction of sp³-hybridized carbons (Fsp3) is 0.438. The van der Waals surface area contributed by atoms with Crippen LogP contribution in [-0.2, 0) is 29.2 Å². The van der Waals surface area contributed by atoms with Gasteiger partial charge < -0.3 is 4.74 Å². The van der Waals surface area contributed by atoms with Crippen molar-refractivity contribution in [2.24, 2.45) is 0 Å². The van der Waals surface area contributed by atoms with E-state index in [0.29, 0.717) is 6.42 Å². The number of methoxy groups -OCH3 is 1.